The maximum absolute atomic E-state index is 6.01. The Labute approximate surface area is 103 Å². The summed E-state index contributed by atoms with van der Waals surface area (Å²) in [7, 11) is 0. The van der Waals surface area contributed by atoms with Crippen LogP contribution in [0.4, 0.5) is 5.82 Å². The normalized spacial score (nSPS) is 11.2. The molecule has 0 radical (unpaired) electrons. The molecule has 0 saturated heterocycles. The van der Waals surface area contributed by atoms with E-state index < -0.39 is 0 Å². The molecule has 0 saturated carbocycles. The molecule has 0 aliphatic heterocycles. The lowest BCUT2D eigenvalue weighted by molar-refractivity contribution is 1.19. The first kappa shape index (κ1) is 10.3. The van der Waals surface area contributed by atoms with Gasteiger partial charge in [-0.1, -0.05) is 0 Å². The van der Waals surface area contributed by atoms with Gasteiger partial charge in [0.25, 0.3) is 0 Å². The zero-order valence-corrected chi connectivity index (χ0v) is 10.4. The molecule has 0 spiro atoms. The number of nitrogens with two attached hydrogens (primary N) is 1. The second-order valence-corrected chi connectivity index (χ2v) is 4.82. The standard InChI is InChI=1S/C12H12N4S/c1-6-7(2)14-12-9(6)10(13)15-11(16-12)8-3-4-17-5-8/h3-5H,1-2H3,(H3,13,14,15,16). The molecule has 3 rings (SSSR count). The fraction of sp³-hybridized carbons (Fsp3) is 0.167. The minimum atomic E-state index is 0.540. The Morgan fingerprint density at radius 2 is 2.12 bits per heavy atom. The molecule has 5 heteroatoms. The summed E-state index contributed by atoms with van der Waals surface area (Å²) in [6, 6.07) is 1.99. The lowest BCUT2D eigenvalue weighted by Crippen LogP contribution is -1.96. The molecule has 0 aliphatic rings. The van der Waals surface area contributed by atoms with Crippen molar-refractivity contribution in [2.75, 3.05) is 5.73 Å². The molecule has 0 atom stereocenters. The second kappa shape index (κ2) is 3.56. The second-order valence-electron chi connectivity index (χ2n) is 4.04. The average Bonchev–Trinajstić information content (AvgIpc) is 2.88. The zero-order valence-electron chi connectivity index (χ0n) is 9.61. The third-order valence-electron chi connectivity index (χ3n) is 2.96. The van der Waals surface area contributed by atoms with Crippen LogP contribution in [0.1, 0.15) is 11.3 Å². The van der Waals surface area contributed by atoms with Crippen molar-refractivity contribution in [3.8, 4) is 11.4 Å². The van der Waals surface area contributed by atoms with Crippen molar-refractivity contribution in [3.05, 3.63) is 28.1 Å². The van der Waals surface area contributed by atoms with Gasteiger partial charge in [0, 0.05) is 16.6 Å². The smallest absolute Gasteiger partial charge is 0.164 e. The molecule has 0 unspecified atom stereocenters. The molecule has 0 bridgehead atoms. The minimum Gasteiger partial charge on any atom is -0.383 e. The van der Waals surface area contributed by atoms with Crippen molar-refractivity contribution in [2.45, 2.75) is 13.8 Å². The maximum Gasteiger partial charge on any atom is 0.164 e. The lowest BCUT2D eigenvalue weighted by Gasteiger charge is -2.01. The van der Waals surface area contributed by atoms with Crippen molar-refractivity contribution in [1.82, 2.24) is 15.0 Å². The van der Waals surface area contributed by atoms with E-state index in [0.717, 1.165) is 27.9 Å². The highest BCUT2D eigenvalue weighted by Gasteiger charge is 2.12. The van der Waals surface area contributed by atoms with E-state index >= 15 is 0 Å². The Kier molecular flexibility index (Phi) is 2.16. The fourth-order valence-corrected chi connectivity index (χ4v) is 2.55. The van der Waals surface area contributed by atoms with Crippen LogP contribution >= 0.6 is 11.3 Å². The molecule has 3 N–H and O–H groups in total. The van der Waals surface area contributed by atoms with Crippen molar-refractivity contribution in [1.29, 1.82) is 0 Å². The summed E-state index contributed by atoms with van der Waals surface area (Å²) in [5.74, 6) is 1.22. The number of nitrogens with one attached hydrogen (secondary N) is 1. The Bertz CT molecular complexity index is 682. The van der Waals surface area contributed by atoms with Crippen LogP contribution < -0.4 is 5.73 Å². The van der Waals surface area contributed by atoms with Crippen LogP contribution in [-0.2, 0) is 0 Å². The van der Waals surface area contributed by atoms with Crippen LogP contribution in [-0.4, -0.2) is 15.0 Å². The molecular formula is C12H12N4S. The van der Waals surface area contributed by atoms with Gasteiger partial charge in [0.2, 0.25) is 0 Å². The number of fused-ring (bicyclic) bond motifs is 1. The van der Waals surface area contributed by atoms with E-state index in [4.69, 9.17) is 5.73 Å². The summed E-state index contributed by atoms with van der Waals surface area (Å²) < 4.78 is 0. The summed E-state index contributed by atoms with van der Waals surface area (Å²) in [6.07, 6.45) is 0. The van der Waals surface area contributed by atoms with Crippen LogP contribution in [0.2, 0.25) is 0 Å². The van der Waals surface area contributed by atoms with Crippen molar-refractivity contribution in [2.24, 2.45) is 0 Å². The number of anilines is 1. The number of H-pyrrole nitrogens is 1. The number of aromatic nitrogens is 3. The molecule has 3 aromatic heterocycles. The Morgan fingerprint density at radius 1 is 1.29 bits per heavy atom. The molecule has 0 amide bonds. The van der Waals surface area contributed by atoms with Crippen LogP contribution in [0, 0.1) is 13.8 Å². The van der Waals surface area contributed by atoms with E-state index in [1.807, 2.05) is 30.7 Å². The quantitative estimate of drug-likeness (QED) is 0.691. The number of thiophene rings is 1. The van der Waals surface area contributed by atoms with Gasteiger partial charge in [-0.3, -0.25) is 0 Å². The number of hydrogen-bond acceptors (Lipinski definition) is 4. The molecule has 4 nitrogen and oxygen atoms in total. The minimum absolute atomic E-state index is 0.540. The van der Waals surface area contributed by atoms with Crippen molar-refractivity contribution < 1.29 is 0 Å². The monoisotopic (exact) mass is 244 g/mol. The number of rotatable bonds is 1. The number of nitrogen functional groups attached to an aromatic ring is 1. The number of aromatic amines is 1. The topological polar surface area (TPSA) is 67.6 Å². The zero-order chi connectivity index (χ0) is 12.0. The highest BCUT2D eigenvalue weighted by Crippen LogP contribution is 2.27. The van der Waals surface area contributed by atoms with Crippen molar-refractivity contribution >= 4 is 28.2 Å². The Hall–Kier alpha value is -1.88. The SMILES string of the molecule is Cc1[nH]c2nc(-c3ccsc3)nc(N)c2c1C. The molecule has 17 heavy (non-hydrogen) atoms. The lowest BCUT2D eigenvalue weighted by atomic mass is 10.2. The van der Waals surface area contributed by atoms with Crippen LogP contribution in [0.15, 0.2) is 16.8 Å². The molecular weight excluding hydrogens is 232 g/mol. The molecule has 3 heterocycles. The first-order valence-corrected chi connectivity index (χ1v) is 6.26. The number of hydrogen-bond donors (Lipinski definition) is 2. The summed E-state index contributed by atoms with van der Waals surface area (Å²) >= 11 is 1.62. The van der Waals surface area contributed by atoms with Gasteiger partial charge in [-0.2, -0.15) is 11.3 Å². The first-order valence-electron chi connectivity index (χ1n) is 5.32. The average molecular weight is 244 g/mol. The van der Waals surface area contributed by atoms with Crippen LogP contribution in [0.25, 0.3) is 22.4 Å². The van der Waals surface area contributed by atoms with Gasteiger partial charge in [0.1, 0.15) is 11.5 Å². The maximum atomic E-state index is 6.01. The molecule has 0 fully saturated rings. The molecule has 86 valence electrons. The largest absolute Gasteiger partial charge is 0.383 e. The van der Waals surface area contributed by atoms with Crippen molar-refractivity contribution in [3.63, 3.8) is 0 Å². The molecule has 0 aromatic carbocycles. The third kappa shape index (κ3) is 1.51. The summed E-state index contributed by atoms with van der Waals surface area (Å²) in [5.41, 5.74) is 10.0. The van der Waals surface area contributed by atoms with Gasteiger partial charge in [0.15, 0.2) is 5.82 Å². The first-order chi connectivity index (χ1) is 8.16. The molecule has 0 aliphatic carbocycles. The van der Waals surface area contributed by atoms with Gasteiger partial charge < -0.3 is 10.7 Å². The van der Waals surface area contributed by atoms with Gasteiger partial charge >= 0.3 is 0 Å². The van der Waals surface area contributed by atoms with Gasteiger partial charge in [0.05, 0.1) is 5.39 Å². The summed E-state index contributed by atoms with van der Waals surface area (Å²) in [5, 5.41) is 4.95. The van der Waals surface area contributed by atoms with E-state index in [1.165, 1.54) is 0 Å². The fourth-order valence-electron chi connectivity index (χ4n) is 1.92. The van der Waals surface area contributed by atoms with E-state index in [-0.39, 0.29) is 0 Å². The predicted molar refractivity (Wildman–Crippen MR) is 71.1 cm³/mol. The number of aryl methyl sites for hydroxylation is 2. The van der Waals surface area contributed by atoms with Crippen LogP contribution in [0.5, 0.6) is 0 Å². The number of nitrogens with zero attached hydrogens (tertiary/aromatic N) is 2. The summed E-state index contributed by atoms with van der Waals surface area (Å²) in [4.78, 5) is 12.1. The van der Waals surface area contributed by atoms with E-state index in [0.29, 0.717) is 11.6 Å². The Balaban J connectivity index is 2.32. The highest BCUT2D eigenvalue weighted by molar-refractivity contribution is 7.08. The Morgan fingerprint density at radius 3 is 2.82 bits per heavy atom. The van der Waals surface area contributed by atoms with E-state index in [2.05, 4.69) is 15.0 Å². The predicted octanol–water partition coefficient (Wildman–Crippen LogP) is 2.89. The van der Waals surface area contributed by atoms with Crippen LogP contribution in [0.3, 0.4) is 0 Å². The van der Waals surface area contributed by atoms with E-state index in [9.17, 15) is 0 Å². The van der Waals surface area contributed by atoms with Gasteiger partial charge in [-0.15, -0.1) is 0 Å². The van der Waals surface area contributed by atoms with Gasteiger partial charge in [-0.25, -0.2) is 9.97 Å². The third-order valence-corrected chi connectivity index (χ3v) is 3.64. The highest BCUT2D eigenvalue weighted by atomic mass is 32.1. The van der Waals surface area contributed by atoms with Gasteiger partial charge in [-0.05, 0) is 30.9 Å². The molecule has 3 aromatic rings. The summed E-state index contributed by atoms with van der Waals surface area (Å²) in [6.45, 7) is 4.04. The van der Waals surface area contributed by atoms with E-state index in [1.54, 1.807) is 11.3 Å².